The maximum Gasteiger partial charge on any atom is 0.404 e. The van der Waals surface area contributed by atoms with Crippen molar-refractivity contribution in [3.8, 4) is 23.0 Å². The number of ether oxygens (including phenoxy) is 5. The number of aldehydes is 2. The van der Waals surface area contributed by atoms with Crippen molar-refractivity contribution < 1.29 is 52.8 Å². The van der Waals surface area contributed by atoms with Gasteiger partial charge in [-0.05, 0) is 141 Å². The van der Waals surface area contributed by atoms with Crippen LogP contribution < -0.4 is 18.9 Å². The lowest BCUT2D eigenvalue weighted by molar-refractivity contribution is -0.127. The summed E-state index contributed by atoms with van der Waals surface area (Å²) < 4.78 is 25.8. The molecule has 0 aliphatic heterocycles. The van der Waals surface area contributed by atoms with Gasteiger partial charge in [0.05, 0.1) is 37.6 Å². The molecule has 78 heavy (non-hydrogen) atoms. The number of allylic oxidation sites excluding steroid dienone is 2. The van der Waals surface area contributed by atoms with Crippen molar-refractivity contribution >= 4 is 41.2 Å². The number of aliphatic hydroxyl groups excluding tert-OH is 1. The summed E-state index contributed by atoms with van der Waals surface area (Å²) in [6.07, 6.45) is 2.95. The Kier molecular flexibility index (Phi) is 31.7. The molecule has 1 N–H and O–H groups in total. The zero-order valence-corrected chi connectivity index (χ0v) is 50.5. The summed E-state index contributed by atoms with van der Waals surface area (Å²) in [6, 6.07) is 35.2. The highest BCUT2D eigenvalue weighted by Crippen LogP contribution is 2.35. The molecule has 426 valence electrons. The Morgan fingerprint density at radius 2 is 1.06 bits per heavy atom. The molecule has 0 atom stereocenters. The zero-order valence-electron chi connectivity index (χ0n) is 49.7. The van der Waals surface area contributed by atoms with E-state index >= 15 is 0 Å². The third-order valence-electron chi connectivity index (χ3n) is 11.7. The van der Waals surface area contributed by atoms with Gasteiger partial charge in [0.15, 0.2) is 17.9 Å². The molecule has 12 heteroatoms. The number of hydrogen-bond donors (Lipinski definition) is 1. The predicted molar refractivity (Wildman–Crippen MR) is 318 cm³/mol. The Morgan fingerprint density at radius 3 is 1.49 bits per heavy atom. The third-order valence-corrected chi connectivity index (χ3v) is 11.8. The highest BCUT2D eigenvalue weighted by molar-refractivity contribution is 6.61. The minimum Gasteiger partial charge on any atom is -0.511 e. The van der Waals surface area contributed by atoms with Crippen LogP contribution in [0.3, 0.4) is 0 Å². The number of carbonyl (C=O) groups excluding carboxylic acids is 5. The summed E-state index contributed by atoms with van der Waals surface area (Å²) in [7, 11) is 3.24. The molecule has 1 saturated carbocycles. The number of halogens is 1. The number of methoxy groups -OCH3 is 2. The monoisotopic (exact) mass is 1090 g/mol. The Labute approximate surface area is 472 Å². The molecule has 0 aromatic heterocycles. The van der Waals surface area contributed by atoms with Crippen molar-refractivity contribution in [2.24, 2.45) is 11.3 Å². The number of aliphatic hydroxyl groups is 1. The second kappa shape index (κ2) is 35.6. The Bertz CT molecular complexity index is 2600. The number of rotatable bonds is 15. The van der Waals surface area contributed by atoms with E-state index in [1.165, 1.54) is 34.9 Å². The van der Waals surface area contributed by atoms with Gasteiger partial charge in [0.25, 0.3) is 0 Å². The number of ketones is 2. The Balaban J connectivity index is 0.000000470. The van der Waals surface area contributed by atoms with E-state index < -0.39 is 5.43 Å². The fraction of sp³-hybridized carbons (Fsp3) is 0.439. The lowest BCUT2D eigenvalue weighted by atomic mass is 9.73. The third kappa shape index (κ3) is 27.5. The highest BCUT2D eigenvalue weighted by Gasteiger charge is 2.37. The van der Waals surface area contributed by atoms with Crippen LogP contribution >= 0.6 is 11.6 Å². The minimum absolute atomic E-state index is 0.0273. The molecule has 1 fully saturated rings. The molecule has 1 aliphatic carbocycles. The molecule has 0 unspecified atom stereocenters. The average Bonchev–Trinajstić information content (AvgIpc) is 3.36. The first-order chi connectivity index (χ1) is 36.6. The topological polar surface area (TPSA) is 152 Å². The van der Waals surface area contributed by atoms with E-state index in [1.807, 2.05) is 79.7 Å². The van der Waals surface area contributed by atoms with Crippen molar-refractivity contribution in [3.63, 3.8) is 0 Å². The van der Waals surface area contributed by atoms with Crippen LogP contribution in [0.1, 0.15) is 188 Å². The minimum atomic E-state index is -0.766. The Morgan fingerprint density at radius 1 is 0.603 bits per heavy atom. The number of benzene rings is 5. The van der Waals surface area contributed by atoms with Crippen LogP contribution in [-0.2, 0) is 20.9 Å². The largest absolute Gasteiger partial charge is 0.511 e. The van der Waals surface area contributed by atoms with E-state index in [4.69, 9.17) is 30.5 Å². The van der Waals surface area contributed by atoms with E-state index in [9.17, 15) is 29.1 Å². The van der Waals surface area contributed by atoms with Gasteiger partial charge < -0.3 is 28.8 Å². The quantitative estimate of drug-likeness (QED) is 0.0351. The lowest BCUT2D eigenvalue weighted by Gasteiger charge is -2.29. The van der Waals surface area contributed by atoms with Crippen LogP contribution in [0.2, 0.25) is 0 Å². The van der Waals surface area contributed by atoms with E-state index in [0.717, 1.165) is 29.6 Å². The van der Waals surface area contributed by atoms with Gasteiger partial charge in [0, 0.05) is 42.5 Å². The molecule has 11 nitrogen and oxygen atoms in total. The molecule has 0 amide bonds. The van der Waals surface area contributed by atoms with Crippen molar-refractivity contribution in [3.05, 3.63) is 165 Å². The van der Waals surface area contributed by atoms with Gasteiger partial charge in [-0.2, -0.15) is 0 Å². The van der Waals surface area contributed by atoms with E-state index in [1.54, 1.807) is 49.6 Å². The van der Waals surface area contributed by atoms with E-state index in [0.29, 0.717) is 59.6 Å². The van der Waals surface area contributed by atoms with Crippen LogP contribution in [0.25, 0.3) is 0 Å². The summed E-state index contributed by atoms with van der Waals surface area (Å²) in [5.41, 5.74) is 7.72. The van der Waals surface area contributed by atoms with Gasteiger partial charge >= 0.3 is 5.43 Å². The summed E-state index contributed by atoms with van der Waals surface area (Å²) in [6.45, 7) is 33.0. The van der Waals surface area contributed by atoms with Crippen molar-refractivity contribution in [2.45, 2.75) is 167 Å². The van der Waals surface area contributed by atoms with Gasteiger partial charge in [0.1, 0.15) is 41.7 Å². The summed E-state index contributed by atoms with van der Waals surface area (Å²) in [5, 5.41) is 9.79. The number of carbonyl (C=O) groups is 5. The van der Waals surface area contributed by atoms with Crippen LogP contribution in [0, 0.1) is 25.2 Å². The van der Waals surface area contributed by atoms with Gasteiger partial charge in [0.2, 0.25) is 0 Å². The second-order valence-corrected chi connectivity index (χ2v) is 22.0. The van der Waals surface area contributed by atoms with Gasteiger partial charge in [-0.1, -0.05) is 135 Å². The summed E-state index contributed by atoms with van der Waals surface area (Å²) in [5.74, 6) is 4.57. The fourth-order valence-electron chi connectivity index (χ4n) is 7.39. The lowest BCUT2D eigenvalue weighted by Crippen LogP contribution is -2.32. The molecular formula is C66H89ClO11. The molecule has 0 spiro atoms. The van der Waals surface area contributed by atoms with Crippen LogP contribution in [0.15, 0.2) is 121 Å². The molecule has 0 saturated heterocycles. The number of hydrogen-bond acceptors (Lipinski definition) is 11. The zero-order chi connectivity index (χ0) is 59.3. The van der Waals surface area contributed by atoms with Crippen LogP contribution in [-0.4, -0.2) is 61.1 Å². The molecule has 1 aliphatic rings. The molecular weight excluding hydrogens is 1000 g/mol. The molecule has 0 bridgehead atoms. The van der Waals surface area contributed by atoms with Crippen molar-refractivity contribution in [1.82, 2.24) is 0 Å². The number of Topliss-reactive ketones (excluding diaryl/α,β-unsaturated/α-hetero) is 2. The van der Waals surface area contributed by atoms with Gasteiger partial charge in [-0.25, -0.2) is 4.79 Å². The number of aryl methyl sites for hydroxylation is 2. The van der Waals surface area contributed by atoms with Crippen molar-refractivity contribution in [1.29, 1.82) is 0 Å². The molecule has 5 aromatic rings. The average molecular weight is 1090 g/mol. The van der Waals surface area contributed by atoms with E-state index in [2.05, 4.69) is 103 Å². The predicted octanol–water partition coefficient (Wildman–Crippen LogP) is 17.3. The molecule has 5 aromatic carbocycles. The fourth-order valence-corrected chi connectivity index (χ4v) is 7.45. The van der Waals surface area contributed by atoms with Crippen molar-refractivity contribution in [2.75, 3.05) is 14.2 Å². The normalized spacial score (nSPS) is 12.3. The maximum atomic E-state index is 11.8. The SMILES string of the molecule is CC(C)CC(O)=C1C(=O)CC(C)(C)CC1=O.CC(C)Oc1ccc(C=O)cc1.CC(C)c1ccc(COC(=O)Cl)cc1.COc1cc(C(C)C)ccc1C.COc1cc(OC(C)C)ccc1C=O.Cc1ccc(C(C)C)cc1. The van der Waals surface area contributed by atoms with Gasteiger partial charge in [-0.3, -0.25) is 19.2 Å². The first-order valence-electron chi connectivity index (χ1n) is 26.7. The van der Waals surface area contributed by atoms with Crippen LogP contribution in [0.5, 0.6) is 23.0 Å². The van der Waals surface area contributed by atoms with Gasteiger partial charge in [-0.15, -0.1) is 0 Å². The van der Waals surface area contributed by atoms with E-state index in [-0.39, 0.29) is 53.0 Å². The summed E-state index contributed by atoms with van der Waals surface area (Å²) in [4.78, 5) is 54.8. The second-order valence-electron chi connectivity index (χ2n) is 21.7. The standard InChI is InChI=1S/C13H20O3.C11H13ClO2.C11H14O3.C11H16O.C10H12O2.C10H14/c1-8(2)5-9(14)12-10(15)6-13(3,4)7-11(12)16;1-8(2)10-5-3-9(4-6-10)7-14-11(12)13;1-8(2)14-10-5-4-9(7-12)11(6-10)13-3;1-8(2)10-6-5-9(3)11(7-10)12-4;1-8(2)12-10-5-3-9(7-11)4-6-10;1-8(2)10-6-4-9(3)5-7-10/h8,14H,5-7H2,1-4H3;3-6,8H,7H2,1-2H3;4-8H,1-3H3;5-8H,1-4H3;3-8H,1-2H3;4-8H,1-3H3. The highest BCUT2D eigenvalue weighted by atomic mass is 35.5. The molecule has 0 radical (unpaired) electrons. The molecule has 0 heterocycles. The van der Waals surface area contributed by atoms with Crippen LogP contribution in [0.4, 0.5) is 4.79 Å². The Hall–Kier alpha value is -6.72. The smallest absolute Gasteiger partial charge is 0.404 e. The first-order valence-corrected chi connectivity index (χ1v) is 27.1. The summed E-state index contributed by atoms with van der Waals surface area (Å²) >= 11 is 5.05. The maximum absolute atomic E-state index is 11.8. The molecule has 6 rings (SSSR count). The first kappa shape index (κ1) is 69.3.